The van der Waals surface area contributed by atoms with Crippen molar-refractivity contribution < 1.29 is 9.53 Å². The van der Waals surface area contributed by atoms with Crippen molar-refractivity contribution in [2.24, 2.45) is 5.92 Å². The fourth-order valence-electron chi connectivity index (χ4n) is 3.01. The highest BCUT2D eigenvalue weighted by atomic mass is 35.5. The molecule has 2 unspecified atom stereocenters. The van der Waals surface area contributed by atoms with Crippen LogP contribution in [-0.4, -0.2) is 37.7 Å². The van der Waals surface area contributed by atoms with Crippen LogP contribution in [-0.2, 0) is 9.53 Å². The summed E-state index contributed by atoms with van der Waals surface area (Å²) in [4.78, 5) is 12.4. The van der Waals surface area contributed by atoms with Gasteiger partial charge in [0, 0.05) is 13.2 Å². The maximum Gasteiger partial charge on any atom is 0.252 e. The standard InChI is InChI=1S/C13H24N2O2.ClH/c1-10-4-3-5-11(10)15-12(16)13(17-2)6-8-14-9-7-13;/h10-11,14H,3-9H2,1-2H3,(H,15,16);1H. The van der Waals surface area contributed by atoms with E-state index in [-0.39, 0.29) is 18.3 Å². The van der Waals surface area contributed by atoms with E-state index in [0.717, 1.165) is 32.4 Å². The van der Waals surface area contributed by atoms with E-state index in [0.29, 0.717) is 12.0 Å². The molecule has 1 saturated heterocycles. The van der Waals surface area contributed by atoms with E-state index in [1.807, 2.05) is 0 Å². The summed E-state index contributed by atoms with van der Waals surface area (Å²) in [7, 11) is 1.66. The summed E-state index contributed by atoms with van der Waals surface area (Å²) < 4.78 is 5.53. The molecule has 106 valence electrons. The zero-order chi connectivity index (χ0) is 12.3. The van der Waals surface area contributed by atoms with Gasteiger partial charge in [-0.15, -0.1) is 12.4 Å². The van der Waals surface area contributed by atoms with Crippen LogP contribution in [0.1, 0.15) is 39.0 Å². The number of carbonyl (C=O) groups is 1. The number of halogens is 1. The molecule has 1 heterocycles. The van der Waals surface area contributed by atoms with Crippen LogP contribution in [0.2, 0.25) is 0 Å². The van der Waals surface area contributed by atoms with Crippen LogP contribution in [0.15, 0.2) is 0 Å². The molecule has 2 N–H and O–H groups in total. The number of ether oxygens (including phenoxy) is 1. The summed E-state index contributed by atoms with van der Waals surface area (Å²) in [5, 5.41) is 6.47. The number of carbonyl (C=O) groups excluding carboxylic acids is 1. The van der Waals surface area contributed by atoms with Crippen LogP contribution in [0.5, 0.6) is 0 Å². The zero-order valence-corrected chi connectivity index (χ0v) is 12.1. The average Bonchev–Trinajstić information content (AvgIpc) is 2.76. The van der Waals surface area contributed by atoms with Gasteiger partial charge < -0.3 is 15.4 Å². The van der Waals surface area contributed by atoms with Gasteiger partial charge in [0.1, 0.15) is 5.60 Å². The smallest absolute Gasteiger partial charge is 0.252 e. The van der Waals surface area contributed by atoms with Crippen LogP contribution >= 0.6 is 12.4 Å². The quantitative estimate of drug-likeness (QED) is 0.821. The van der Waals surface area contributed by atoms with E-state index >= 15 is 0 Å². The molecule has 2 aliphatic rings. The molecule has 5 heteroatoms. The fourth-order valence-corrected chi connectivity index (χ4v) is 3.01. The Kier molecular flexibility index (Phi) is 5.89. The predicted octanol–water partition coefficient (Wildman–Crippen LogP) is 1.48. The van der Waals surface area contributed by atoms with Crippen molar-refractivity contribution in [3.05, 3.63) is 0 Å². The highest BCUT2D eigenvalue weighted by Gasteiger charge is 2.41. The molecule has 1 aliphatic heterocycles. The first kappa shape index (κ1) is 15.7. The molecule has 0 aromatic heterocycles. The maximum atomic E-state index is 12.4. The molecule has 1 aliphatic carbocycles. The van der Waals surface area contributed by atoms with Gasteiger partial charge in [0.15, 0.2) is 0 Å². The van der Waals surface area contributed by atoms with Crippen LogP contribution in [0.25, 0.3) is 0 Å². The number of amides is 1. The lowest BCUT2D eigenvalue weighted by Gasteiger charge is -2.36. The number of methoxy groups -OCH3 is 1. The fraction of sp³-hybridized carbons (Fsp3) is 0.923. The van der Waals surface area contributed by atoms with Gasteiger partial charge in [-0.1, -0.05) is 13.3 Å². The highest BCUT2D eigenvalue weighted by molar-refractivity contribution is 5.86. The van der Waals surface area contributed by atoms with Gasteiger partial charge in [-0.2, -0.15) is 0 Å². The van der Waals surface area contributed by atoms with E-state index in [1.54, 1.807) is 7.11 Å². The molecule has 0 radical (unpaired) electrons. The van der Waals surface area contributed by atoms with Gasteiger partial charge in [0.2, 0.25) is 0 Å². The van der Waals surface area contributed by atoms with Crippen molar-refractivity contribution >= 4 is 18.3 Å². The molecule has 0 aromatic carbocycles. The van der Waals surface area contributed by atoms with Gasteiger partial charge in [-0.3, -0.25) is 4.79 Å². The molecule has 0 spiro atoms. The van der Waals surface area contributed by atoms with Crippen LogP contribution < -0.4 is 10.6 Å². The summed E-state index contributed by atoms with van der Waals surface area (Å²) in [6.07, 6.45) is 5.12. The first-order chi connectivity index (χ1) is 8.18. The van der Waals surface area contributed by atoms with Crippen LogP contribution in [0.4, 0.5) is 0 Å². The summed E-state index contributed by atoms with van der Waals surface area (Å²) in [6, 6.07) is 0.351. The second kappa shape index (κ2) is 6.73. The first-order valence-electron chi connectivity index (χ1n) is 6.75. The number of nitrogens with one attached hydrogen (secondary N) is 2. The Hall–Kier alpha value is -0.320. The highest BCUT2D eigenvalue weighted by Crippen LogP contribution is 2.27. The number of rotatable bonds is 3. The lowest BCUT2D eigenvalue weighted by molar-refractivity contribution is -0.147. The molecule has 18 heavy (non-hydrogen) atoms. The summed E-state index contributed by atoms with van der Waals surface area (Å²) in [5.74, 6) is 0.704. The third kappa shape index (κ3) is 3.16. The molecule has 0 bridgehead atoms. The Bertz CT molecular complexity index is 280. The lowest BCUT2D eigenvalue weighted by atomic mass is 9.90. The molecule has 2 atom stereocenters. The SMILES string of the molecule is COC1(C(=O)NC2CCCC2C)CCNCC1.Cl. The Labute approximate surface area is 116 Å². The van der Waals surface area contributed by atoms with E-state index in [2.05, 4.69) is 17.6 Å². The number of hydrogen-bond donors (Lipinski definition) is 2. The lowest BCUT2D eigenvalue weighted by Crippen LogP contribution is -2.56. The van der Waals surface area contributed by atoms with Crippen molar-refractivity contribution in [2.75, 3.05) is 20.2 Å². The van der Waals surface area contributed by atoms with Gasteiger partial charge >= 0.3 is 0 Å². The van der Waals surface area contributed by atoms with Crippen molar-refractivity contribution in [2.45, 2.75) is 50.7 Å². The topological polar surface area (TPSA) is 50.4 Å². The second-order valence-electron chi connectivity index (χ2n) is 5.44. The molecular weight excluding hydrogens is 252 g/mol. The van der Waals surface area contributed by atoms with Crippen LogP contribution in [0.3, 0.4) is 0 Å². The van der Waals surface area contributed by atoms with E-state index in [4.69, 9.17) is 4.74 Å². The average molecular weight is 277 g/mol. The second-order valence-corrected chi connectivity index (χ2v) is 5.44. The van der Waals surface area contributed by atoms with E-state index in [9.17, 15) is 4.79 Å². The van der Waals surface area contributed by atoms with Crippen molar-refractivity contribution in [3.8, 4) is 0 Å². The third-order valence-corrected chi connectivity index (χ3v) is 4.39. The monoisotopic (exact) mass is 276 g/mol. The Morgan fingerprint density at radius 2 is 2.00 bits per heavy atom. The summed E-state index contributed by atoms with van der Waals surface area (Å²) in [5.41, 5.74) is -0.590. The Balaban J connectivity index is 0.00000162. The molecule has 0 aromatic rings. The zero-order valence-electron chi connectivity index (χ0n) is 11.3. The number of piperidine rings is 1. The molecule has 4 nitrogen and oxygen atoms in total. The molecule has 1 amide bonds. The maximum absolute atomic E-state index is 12.4. The van der Waals surface area contributed by atoms with Crippen LogP contribution in [0, 0.1) is 5.92 Å². The van der Waals surface area contributed by atoms with Crippen molar-refractivity contribution in [1.29, 1.82) is 0 Å². The first-order valence-corrected chi connectivity index (χ1v) is 6.75. The summed E-state index contributed by atoms with van der Waals surface area (Å²) >= 11 is 0. The Morgan fingerprint density at radius 3 is 2.50 bits per heavy atom. The number of hydrogen-bond acceptors (Lipinski definition) is 3. The molecule has 1 saturated carbocycles. The Morgan fingerprint density at radius 1 is 1.33 bits per heavy atom. The summed E-state index contributed by atoms with van der Waals surface area (Å²) in [6.45, 7) is 3.95. The van der Waals surface area contributed by atoms with Gasteiger partial charge in [-0.25, -0.2) is 0 Å². The van der Waals surface area contributed by atoms with E-state index in [1.165, 1.54) is 12.8 Å². The minimum Gasteiger partial charge on any atom is -0.368 e. The van der Waals surface area contributed by atoms with Crippen molar-refractivity contribution in [3.63, 3.8) is 0 Å². The van der Waals surface area contributed by atoms with E-state index < -0.39 is 5.60 Å². The minimum absolute atomic E-state index is 0. The molecule has 2 rings (SSSR count). The van der Waals surface area contributed by atoms with Gasteiger partial charge in [0.25, 0.3) is 5.91 Å². The molecular formula is C13H25ClN2O2. The van der Waals surface area contributed by atoms with Gasteiger partial charge in [0.05, 0.1) is 0 Å². The predicted molar refractivity (Wildman–Crippen MR) is 74.0 cm³/mol. The minimum atomic E-state index is -0.590. The third-order valence-electron chi connectivity index (χ3n) is 4.39. The molecule has 2 fully saturated rings. The van der Waals surface area contributed by atoms with Crippen molar-refractivity contribution in [1.82, 2.24) is 10.6 Å². The largest absolute Gasteiger partial charge is 0.368 e. The van der Waals surface area contributed by atoms with Gasteiger partial charge in [-0.05, 0) is 44.7 Å². The normalized spacial score (nSPS) is 30.6.